The van der Waals surface area contributed by atoms with E-state index in [0.29, 0.717) is 25.7 Å². The van der Waals surface area contributed by atoms with E-state index in [1.54, 1.807) is 0 Å². The highest BCUT2D eigenvalue weighted by atomic mass is 16.8. The van der Waals surface area contributed by atoms with Gasteiger partial charge in [-0.2, -0.15) is 0 Å². The first-order valence-corrected chi connectivity index (χ1v) is 10.8. The van der Waals surface area contributed by atoms with Crippen LogP contribution in [-0.4, -0.2) is 55.1 Å². The zero-order valence-electron chi connectivity index (χ0n) is 18.3. The molecular formula is C21H34O9. The van der Waals surface area contributed by atoms with Gasteiger partial charge in [0.1, 0.15) is 12.7 Å². The maximum atomic E-state index is 12.1. The van der Waals surface area contributed by atoms with Crippen LogP contribution >= 0.6 is 0 Å². The normalized spacial score (nSPS) is 22.9. The van der Waals surface area contributed by atoms with Crippen molar-refractivity contribution in [3.63, 3.8) is 0 Å². The second-order valence-corrected chi connectivity index (χ2v) is 7.12. The van der Waals surface area contributed by atoms with Gasteiger partial charge in [-0.05, 0) is 25.7 Å². The van der Waals surface area contributed by atoms with Gasteiger partial charge in [-0.1, -0.05) is 27.7 Å². The van der Waals surface area contributed by atoms with E-state index < -0.39 is 48.5 Å². The maximum Gasteiger partial charge on any atom is 0.308 e. The lowest BCUT2D eigenvalue weighted by molar-refractivity contribution is -0.200. The third-order valence-corrected chi connectivity index (χ3v) is 4.28. The van der Waals surface area contributed by atoms with Crippen molar-refractivity contribution in [2.45, 2.75) is 104 Å². The van der Waals surface area contributed by atoms with E-state index in [1.165, 1.54) is 0 Å². The van der Waals surface area contributed by atoms with Crippen molar-refractivity contribution >= 4 is 23.9 Å². The molecule has 0 N–H and O–H groups in total. The molecule has 0 aromatic heterocycles. The number of rotatable bonds is 13. The second kappa shape index (κ2) is 14.0. The quantitative estimate of drug-likeness (QED) is 0.321. The van der Waals surface area contributed by atoms with Crippen molar-refractivity contribution in [2.75, 3.05) is 6.61 Å². The summed E-state index contributed by atoms with van der Waals surface area (Å²) in [5.74, 6) is -1.98. The smallest absolute Gasteiger partial charge is 0.308 e. The molecule has 9 heteroatoms. The SMILES string of the molecule is CCCC(=O)OC[C@H]1OC(OC(=O)CCC)[C@H](OC(=O)CCC)[C@@H]1OC(=O)CCC. The Balaban J connectivity index is 3.03. The third-order valence-electron chi connectivity index (χ3n) is 4.28. The average molecular weight is 430 g/mol. The second-order valence-electron chi connectivity index (χ2n) is 7.12. The van der Waals surface area contributed by atoms with Gasteiger partial charge in [0.15, 0.2) is 6.10 Å². The Morgan fingerprint density at radius 1 is 0.633 bits per heavy atom. The van der Waals surface area contributed by atoms with Gasteiger partial charge in [0.25, 0.3) is 0 Å². The third kappa shape index (κ3) is 8.69. The van der Waals surface area contributed by atoms with Crippen molar-refractivity contribution in [1.29, 1.82) is 0 Å². The summed E-state index contributed by atoms with van der Waals surface area (Å²) in [6.07, 6.45) is -1.35. The van der Waals surface area contributed by atoms with Gasteiger partial charge < -0.3 is 23.7 Å². The molecule has 0 spiro atoms. The molecule has 0 radical (unpaired) electrons. The molecule has 0 amide bonds. The van der Waals surface area contributed by atoms with Crippen molar-refractivity contribution < 1.29 is 42.9 Å². The molecule has 1 aliphatic heterocycles. The molecule has 30 heavy (non-hydrogen) atoms. The van der Waals surface area contributed by atoms with Crippen LogP contribution in [0.15, 0.2) is 0 Å². The number of hydrogen-bond acceptors (Lipinski definition) is 9. The minimum Gasteiger partial charge on any atom is -0.463 e. The van der Waals surface area contributed by atoms with Gasteiger partial charge in [0, 0.05) is 25.7 Å². The first-order chi connectivity index (χ1) is 14.4. The zero-order valence-corrected chi connectivity index (χ0v) is 18.3. The summed E-state index contributed by atoms with van der Waals surface area (Å²) >= 11 is 0. The lowest BCUT2D eigenvalue weighted by Crippen LogP contribution is -2.42. The first kappa shape index (κ1) is 25.9. The molecule has 0 bridgehead atoms. The molecule has 0 saturated carbocycles. The predicted molar refractivity (Wildman–Crippen MR) is 105 cm³/mol. The van der Waals surface area contributed by atoms with Crippen molar-refractivity contribution in [1.82, 2.24) is 0 Å². The van der Waals surface area contributed by atoms with Crippen molar-refractivity contribution in [3.8, 4) is 0 Å². The van der Waals surface area contributed by atoms with Crippen LogP contribution in [0, 0.1) is 0 Å². The number of carbonyl (C=O) groups excluding carboxylic acids is 4. The van der Waals surface area contributed by atoms with Gasteiger partial charge in [-0.3, -0.25) is 19.2 Å². The van der Waals surface area contributed by atoms with Crippen LogP contribution in [0.3, 0.4) is 0 Å². The van der Waals surface area contributed by atoms with Crippen molar-refractivity contribution in [3.05, 3.63) is 0 Å². The van der Waals surface area contributed by atoms with Gasteiger partial charge in [-0.25, -0.2) is 0 Å². The standard InChI is InChI=1S/C21H34O9/c1-5-9-15(22)26-13-14-19(28-16(23)10-6-2)20(29-17(24)11-7-3)21(27-14)30-18(25)12-8-4/h14,19-21H,5-13H2,1-4H3/t14-,19-,20-,21?/m1/s1. The highest BCUT2D eigenvalue weighted by Crippen LogP contribution is 2.29. The minimum atomic E-state index is -1.25. The summed E-state index contributed by atoms with van der Waals surface area (Å²) < 4.78 is 27.2. The van der Waals surface area contributed by atoms with E-state index in [0.717, 1.165) is 0 Å². The fourth-order valence-electron chi connectivity index (χ4n) is 2.86. The lowest BCUT2D eigenvalue weighted by atomic mass is 10.1. The molecular weight excluding hydrogens is 396 g/mol. The highest BCUT2D eigenvalue weighted by molar-refractivity contribution is 5.72. The van der Waals surface area contributed by atoms with Crippen LogP contribution in [0.25, 0.3) is 0 Å². The van der Waals surface area contributed by atoms with Crippen LogP contribution < -0.4 is 0 Å². The lowest BCUT2D eigenvalue weighted by Gasteiger charge is -2.24. The Bertz CT molecular complexity index is 575. The van der Waals surface area contributed by atoms with Crippen LogP contribution in [0.1, 0.15) is 79.1 Å². The molecule has 1 fully saturated rings. The van der Waals surface area contributed by atoms with Gasteiger partial charge >= 0.3 is 23.9 Å². The largest absolute Gasteiger partial charge is 0.463 e. The molecule has 1 heterocycles. The molecule has 1 aliphatic rings. The molecule has 9 nitrogen and oxygen atoms in total. The summed E-state index contributed by atoms with van der Waals surface area (Å²) in [6, 6.07) is 0. The molecule has 4 atom stereocenters. The molecule has 1 unspecified atom stereocenters. The average Bonchev–Trinajstić information content (AvgIpc) is 2.97. The van der Waals surface area contributed by atoms with E-state index in [1.807, 2.05) is 27.7 Å². The predicted octanol–water partition coefficient (Wildman–Crippen LogP) is 2.82. The number of carbonyl (C=O) groups is 4. The Hall–Kier alpha value is -2.16. The highest BCUT2D eigenvalue weighted by Gasteiger charge is 2.52. The maximum absolute atomic E-state index is 12.1. The molecule has 172 valence electrons. The van der Waals surface area contributed by atoms with Gasteiger partial charge in [0.2, 0.25) is 12.4 Å². The monoisotopic (exact) mass is 430 g/mol. The zero-order chi connectivity index (χ0) is 22.5. The fourth-order valence-corrected chi connectivity index (χ4v) is 2.86. The Morgan fingerprint density at radius 2 is 1.07 bits per heavy atom. The summed E-state index contributed by atoms with van der Waals surface area (Å²) in [4.78, 5) is 48.0. The Morgan fingerprint density at radius 3 is 1.57 bits per heavy atom. The van der Waals surface area contributed by atoms with Crippen molar-refractivity contribution in [2.24, 2.45) is 0 Å². The molecule has 0 aromatic rings. The van der Waals surface area contributed by atoms with E-state index in [4.69, 9.17) is 23.7 Å². The van der Waals surface area contributed by atoms with Crippen LogP contribution in [0.5, 0.6) is 0 Å². The van der Waals surface area contributed by atoms with Crippen LogP contribution in [-0.2, 0) is 42.9 Å². The minimum absolute atomic E-state index is 0.151. The fraction of sp³-hybridized carbons (Fsp3) is 0.810. The molecule has 0 aromatic carbocycles. The number of esters is 4. The summed E-state index contributed by atoms with van der Waals surface area (Å²) in [6.45, 7) is 7.09. The topological polar surface area (TPSA) is 114 Å². The summed E-state index contributed by atoms with van der Waals surface area (Å²) in [5, 5.41) is 0. The van der Waals surface area contributed by atoms with E-state index in [-0.39, 0.29) is 32.3 Å². The van der Waals surface area contributed by atoms with E-state index in [2.05, 4.69) is 0 Å². The first-order valence-electron chi connectivity index (χ1n) is 10.8. The van der Waals surface area contributed by atoms with E-state index >= 15 is 0 Å². The molecule has 1 saturated heterocycles. The van der Waals surface area contributed by atoms with Crippen LogP contribution in [0.2, 0.25) is 0 Å². The van der Waals surface area contributed by atoms with Gasteiger partial charge in [-0.15, -0.1) is 0 Å². The Kier molecular flexibility index (Phi) is 12.0. The van der Waals surface area contributed by atoms with Crippen LogP contribution in [0.4, 0.5) is 0 Å². The summed E-state index contributed by atoms with van der Waals surface area (Å²) in [7, 11) is 0. The summed E-state index contributed by atoms with van der Waals surface area (Å²) in [5.41, 5.74) is 0. The van der Waals surface area contributed by atoms with E-state index in [9.17, 15) is 19.2 Å². The molecule has 0 aliphatic carbocycles. The Labute approximate surface area is 177 Å². The number of ether oxygens (including phenoxy) is 5. The number of hydrogen-bond donors (Lipinski definition) is 0. The van der Waals surface area contributed by atoms with Gasteiger partial charge in [0.05, 0.1) is 0 Å². The molecule has 1 rings (SSSR count).